The topological polar surface area (TPSA) is 61.4 Å². The van der Waals surface area contributed by atoms with Gasteiger partial charge in [-0.15, -0.1) is 0 Å². The van der Waals surface area contributed by atoms with Crippen LogP contribution in [0.15, 0.2) is 66.7 Å². The predicted molar refractivity (Wildman–Crippen MR) is 160 cm³/mol. The summed E-state index contributed by atoms with van der Waals surface area (Å²) >= 11 is 0. The highest BCUT2D eigenvalue weighted by molar-refractivity contribution is 5.92. The third-order valence-electron chi connectivity index (χ3n) is 7.85. The molecule has 0 atom stereocenters. The van der Waals surface area contributed by atoms with Crippen LogP contribution in [0, 0.1) is 25.6 Å². The van der Waals surface area contributed by atoms with Gasteiger partial charge in [0.2, 0.25) is 11.8 Å². The Bertz CT molecular complexity index is 1230. The van der Waals surface area contributed by atoms with Gasteiger partial charge in [-0.3, -0.25) is 9.59 Å². The molecule has 1 aliphatic rings. The second-order valence-corrected chi connectivity index (χ2v) is 11.4. The first kappa shape index (κ1) is 29.5. The van der Waals surface area contributed by atoms with Crippen molar-refractivity contribution in [3.05, 3.63) is 100 Å². The van der Waals surface area contributed by atoms with E-state index >= 15 is 0 Å². The number of piperidine rings is 1. The van der Waals surface area contributed by atoms with E-state index in [0.717, 1.165) is 50.0 Å². The van der Waals surface area contributed by atoms with Gasteiger partial charge in [0.15, 0.2) is 0 Å². The minimum absolute atomic E-state index is 0.0197. The van der Waals surface area contributed by atoms with Gasteiger partial charge in [-0.1, -0.05) is 73.5 Å². The first-order valence-corrected chi connectivity index (χ1v) is 14.4. The lowest BCUT2D eigenvalue weighted by atomic mass is 9.88. The Morgan fingerprint density at radius 1 is 0.875 bits per heavy atom. The first-order chi connectivity index (χ1) is 19.2. The largest absolute Gasteiger partial charge is 0.355 e. The van der Waals surface area contributed by atoms with Crippen molar-refractivity contribution in [1.29, 1.82) is 0 Å². The van der Waals surface area contributed by atoms with Crippen LogP contribution in [-0.2, 0) is 9.59 Å². The van der Waals surface area contributed by atoms with Crippen molar-refractivity contribution in [2.75, 3.05) is 31.5 Å². The van der Waals surface area contributed by atoms with E-state index in [9.17, 15) is 14.0 Å². The van der Waals surface area contributed by atoms with Gasteiger partial charge in [-0.05, 0) is 93.6 Å². The van der Waals surface area contributed by atoms with Crippen molar-refractivity contribution in [2.45, 2.75) is 58.8 Å². The Hall–Kier alpha value is -3.51. The molecular formula is C34H42FN3O2. The molecule has 2 amide bonds. The quantitative estimate of drug-likeness (QED) is 0.285. The van der Waals surface area contributed by atoms with Crippen LogP contribution in [0.2, 0.25) is 0 Å². The van der Waals surface area contributed by atoms with Gasteiger partial charge in [0.1, 0.15) is 5.82 Å². The summed E-state index contributed by atoms with van der Waals surface area (Å²) in [6.07, 6.45) is 2.59. The SMILES string of the molecule is Cc1ccc(C(C(=O)NCCCN2CCC(c3cc(NC(=O)C(C)C)ccc3F)CC2)c2ccc(C)cc2)cc1. The van der Waals surface area contributed by atoms with Crippen molar-refractivity contribution in [1.82, 2.24) is 10.2 Å². The van der Waals surface area contributed by atoms with E-state index in [1.165, 1.54) is 17.2 Å². The summed E-state index contributed by atoms with van der Waals surface area (Å²) in [5, 5.41) is 6.05. The Kier molecular flexibility index (Phi) is 10.1. The predicted octanol–water partition coefficient (Wildman–Crippen LogP) is 6.55. The summed E-state index contributed by atoms with van der Waals surface area (Å²) in [6.45, 7) is 11.1. The lowest BCUT2D eigenvalue weighted by Crippen LogP contribution is -2.36. The average Bonchev–Trinajstić information content (AvgIpc) is 2.94. The smallest absolute Gasteiger partial charge is 0.232 e. The maximum atomic E-state index is 14.7. The number of nitrogens with one attached hydrogen (secondary N) is 2. The molecule has 0 radical (unpaired) electrons. The fraction of sp³-hybridized carbons (Fsp3) is 0.412. The zero-order valence-corrected chi connectivity index (χ0v) is 24.2. The maximum absolute atomic E-state index is 14.7. The molecule has 1 aliphatic heterocycles. The Morgan fingerprint density at radius 2 is 1.45 bits per heavy atom. The molecule has 0 spiro atoms. The van der Waals surface area contributed by atoms with Gasteiger partial charge in [-0.25, -0.2) is 4.39 Å². The fourth-order valence-electron chi connectivity index (χ4n) is 5.32. The number of benzene rings is 3. The number of rotatable bonds is 10. The molecule has 0 saturated carbocycles. The highest BCUT2D eigenvalue weighted by Crippen LogP contribution is 2.32. The number of anilines is 1. The van der Waals surface area contributed by atoms with Crippen LogP contribution in [-0.4, -0.2) is 42.9 Å². The minimum Gasteiger partial charge on any atom is -0.355 e. The van der Waals surface area contributed by atoms with E-state index in [2.05, 4.69) is 53.6 Å². The summed E-state index contributed by atoms with van der Waals surface area (Å²) in [4.78, 5) is 27.8. The average molecular weight is 544 g/mol. The number of nitrogens with zero attached hydrogens (tertiary/aromatic N) is 1. The molecule has 5 nitrogen and oxygen atoms in total. The standard InChI is InChI=1S/C34H42FN3O2/c1-23(2)33(39)37-29-14-15-31(35)30(22-29)26-16-20-38(21-17-26)19-5-18-36-34(40)32(27-10-6-24(3)7-11-27)28-12-8-25(4)9-13-28/h6-15,22-23,26,32H,5,16-21H2,1-4H3,(H,36,40)(H,37,39). The van der Waals surface area contributed by atoms with Crippen LogP contribution < -0.4 is 10.6 Å². The van der Waals surface area contributed by atoms with Gasteiger partial charge in [0.25, 0.3) is 0 Å². The van der Waals surface area contributed by atoms with E-state index in [0.29, 0.717) is 17.8 Å². The monoisotopic (exact) mass is 543 g/mol. The maximum Gasteiger partial charge on any atom is 0.232 e. The summed E-state index contributed by atoms with van der Waals surface area (Å²) < 4.78 is 14.7. The lowest BCUT2D eigenvalue weighted by Gasteiger charge is -2.32. The van der Waals surface area contributed by atoms with Crippen LogP contribution >= 0.6 is 0 Å². The van der Waals surface area contributed by atoms with Gasteiger partial charge in [-0.2, -0.15) is 0 Å². The molecule has 3 aromatic carbocycles. The second kappa shape index (κ2) is 13.7. The van der Waals surface area contributed by atoms with Crippen LogP contribution in [0.1, 0.15) is 72.8 Å². The summed E-state index contributed by atoms with van der Waals surface area (Å²) in [7, 11) is 0. The third kappa shape index (κ3) is 7.79. The number of carbonyl (C=O) groups is 2. The van der Waals surface area contributed by atoms with Crippen molar-refractivity contribution in [2.24, 2.45) is 5.92 Å². The van der Waals surface area contributed by atoms with Crippen LogP contribution in [0.4, 0.5) is 10.1 Å². The van der Waals surface area contributed by atoms with Crippen molar-refractivity contribution < 1.29 is 14.0 Å². The molecular weight excluding hydrogens is 501 g/mol. The van der Waals surface area contributed by atoms with E-state index in [-0.39, 0.29) is 35.4 Å². The molecule has 0 aliphatic carbocycles. The molecule has 40 heavy (non-hydrogen) atoms. The zero-order chi connectivity index (χ0) is 28.6. The molecule has 1 fully saturated rings. The summed E-state index contributed by atoms with van der Waals surface area (Å²) in [6, 6.07) is 21.3. The molecule has 1 saturated heterocycles. The molecule has 3 aromatic rings. The number of amides is 2. The number of halogens is 1. The van der Waals surface area contributed by atoms with Crippen molar-refractivity contribution >= 4 is 17.5 Å². The summed E-state index contributed by atoms with van der Waals surface area (Å²) in [5.41, 5.74) is 5.67. The molecule has 0 aromatic heterocycles. The van der Waals surface area contributed by atoms with Gasteiger partial charge < -0.3 is 15.5 Å². The van der Waals surface area contributed by atoms with Crippen LogP contribution in [0.3, 0.4) is 0 Å². The third-order valence-corrected chi connectivity index (χ3v) is 7.85. The number of hydrogen-bond donors (Lipinski definition) is 2. The Balaban J connectivity index is 1.27. The highest BCUT2D eigenvalue weighted by atomic mass is 19.1. The van der Waals surface area contributed by atoms with Gasteiger partial charge >= 0.3 is 0 Å². The van der Waals surface area contributed by atoms with Crippen molar-refractivity contribution in [3.8, 4) is 0 Å². The summed E-state index contributed by atoms with van der Waals surface area (Å²) in [5.74, 6) is -0.586. The fourth-order valence-corrected chi connectivity index (χ4v) is 5.32. The Labute approximate surface area is 238 Å². The van der Waals surface area contributed by atoms with Crippen LogP contribution in [0.5, 0.6) is 0 Å². The number of carbonyl (C=O) groups excluding carboxylic acids is 2. The van der Waals surface area contributed by atoms with E-state index < -0.39 is 0 Å². The number of likely N-dealkylation sites (tertiary alicyclic amines) is 1. The second-order valence-electron chi connectivity index (χ2n) is 11.4. The van der Waals surface area contributed by atoms with Crippen molar-refractivity contribution in [3.63, 3.8) is 0 Å². The van der Waals surface area contributed by atoms with E-state index in [4.69, 9.17) is 0 Å². The van der Waals surface area contributed by atoms with E-state index in [1.807, 2.05) is 38.1 Å². The molecule has 2 N–H and O–H groups in total. The Morgan fingerprint density at radius 3 is 2.00 bits per heavy atom. The molecule has 212 valence electrons. The lowest BCUT2D eigenvalue weighted by molar-refractivity contribution is -0.121. The number of aryl methyl sites for hydroxylation is 2. The van der Waals surface area contributed by atoms with Gasteiger partial charge in [0, 0.05) is 18.2 Å². The molecule has 0 unspecified atom stereocenters. The zero-order valence-electron chi connectivity index (χ0n) is 24.2. The van der Waals surface area contributed by atoms with Crippen LogP contribution in [0.25, 0.3) is 0 Å². The minimum atomic E-state index is -0.340. The van der Waals surface area contributed by atoms with Gasteiger partial charge in [0.05, 0.1) is 5.92 Å². The molecule has 1 heterocycles. The highest BCUT2D eigenvalue weighted by Gasteiger charge is 2.25. The molecule has 0 bridgehead atoms. The van der Waals surface area contributed by atoms with E-state index in [1.54, 1.807) is 12.1 Å². The number of hydrogen-bond acceptors (Lipinski definition) is 3. The molecule has 6 heteroatoms. The molecule has 4 rings (SSSR count). The first-order valence-electron chi connectivity index (χ1n) is 14.4. The normalized spacial score (nSPS) is 14.5.